The first kappa shape index (κ1) is 36.1. The van der Waals surface area contributed by atoms with Gasteiger partial charge in [-0.05, 0) is 84.0 Å². The maximum absolute atomic E-state index is 2.19. The van der Waals surface area contributed by atoms with E-state index in [9.17, 15) is 0 Å². The van der Waals surface area contributed by atoms with Gasteiger partial charge in [0.1, 0.15) is 0 Å². The van der Waals surface area contributed by atoms with Crippen molar-refractivity contribution < 1.29 is 0 Å². The average Bonchev–Trinajstić information content (AvgIpc) is 3.14. The number of thioether (sulfide) groups is 2. The van der Waals surface area contributed by atoms with E-state index in [-0.39, 0.29) is 0 Å². The Balaban J connectivity index is 1.40. The van der Waals surface area contributed by atoms with Crippen LogP contribution in [0.3, 0.4) is 0 Å². The van der Waals surface area contributed by atoms with Crippen molar-refractivity contribution in [3.63, 3.8) is 0 Å². The maximum Gasteiger partial charge on any atom is 0.00695 e. The summed E-state index contributed by atoms with van der Waals surface area (Å²) in [4.78, 5) is 2.55. The molecule has 0 amide bonds. The molecule has 0 nitrogen and oxygen atoms in total. The molecule has 4 aromatic rings. The normalized spacial score (nSPS) is 13.7. The van der Waals surface area contributed by atoms with Gasteiger partial charge in [-0.3, -0.25) is 0 Å². The minimum atomic E-state index is 1.17. The van der Waals surface area contributed by atoms with Crippen molar-refractivity contribution >= 4 is 46.8 Å². The highest BCUT2D eigenvalue weighted by molar-refractivity contribution is 7.98. The molecule has 0 heterocycles. The molecule has 0 spiro atoms. The summed E-state index contributed by atoms with van der Waals surface area (Å²) >= 11 is 3.52. The molecule has 0 bridgehead atoms. The highest BCUT2D eigenvalue weighted by Crippen LogP contribution is 2.21. The van der Waals surface area contributed by atoms with E-state index in [1.165, 1.54) is 54.3 Å². The van der Waals surface area contributed by atoms with Crippen LogP contribution in [-0.4, -0.2) is 12.5 Å². The minimum Gasteiger partial charge on any atom is -0.130 e. The number of benzene rings is 4. The molecule has 0 atom stereocenters. The van der Waals surface area contributed by atoms with Crippen LogP contribution < -0.4 is 0 Å². The van der Waals surface area contributed by atoms with Crippen LogP contribution in [0.4, 0.5) is 0 Å². The Morgan fingerprint density at radius 1 is 0.417 bits per heavy atom. The monoisotopic (exact) mass is 660 g/mol. The molecule has 0 radical (unpaired) electrons. The second kappa shape index (κ2) is 20.5. The van der Waals surface area contributed by atoms with Crippen LogP contribution in [-0.2, 0) is 0 Å². The highest BCUT2D eigenvalue weighted by Gasteiger charge is 1.98. The van der Waals surface area contributed by atoms with Gasteiger partial charge in [-0.25, -0.2) is 0 Å². The van der Waals surface area contributed by atoms with E-state index in [1.807, 2.05) is 0 Å². The molecular weight excluding hydrogens is 617 g/mol. The van der Waals surface area contributed by atoms with E-state index < -0.39 is 0 Å². The lowest BCUT2D eigenvalue weighted by molar-refractivity contribution is 1.45. The zero-order valence-electron chi connectivity index (χ0n) is 28.3. The van der Waals surface area contributed by atoms with E-state index >= 15 is 0 Å². The first-order valence-electron chi connectivity index (χ1n) is 16.1. The molecule has 0 aromatic heterocycles. The summed E-state index contributed by atoms with van der Waals surface area (Å²) < 4.78 is 0. The first-order valence-corrected chi connectivity index (χ1v) is 18.5. The Bertz CT molecular complexity index is 1700. The van der Waals surface area contributed by atoms with E-state index in [1.54, 1.807) is 23.5 Å². The quantitative estimate of drug-likeness (QED) is 0.0975. The first-order chi connectivity index (χ1) is 23.5. The molecule has 0 unspecified atom stereocenters. The van der Waals surface area contributed by atoms with Crippen LogP contribution in [0, 0.1) is 0 Å². The second-order valence-corrected chi connectivity index (χ2v) is 12.9. The zero-order valence-corrected chi connectivity index (χ0v) is 29.9. The Labute approximate surface area is 297 Å². The van der Waals surface area contributed by atoms with Gasteiger partial charge in [0.15, 0.2) is 0 Å². The van der Waals surface area contributed by atoms with E-state index in [0.717, 1.165) is 0 Å². The van der Waals surface area contributed by atoms with Crippen molar-refractivity contribution in [2.24, 2.45) is 0 Å². The van der Waals surface area contributed by atoms with Crippen molar-refractivity contribution in [1.29, 1.82) is 0 Å². The van der Waals surface area contributed by atoms with Crippen LogP contribution in [0.15, 0.2) is 203 Å². The number of rotatable bonds is 14. The van der Waals surface area contributed by atoms with Gasteiger partial charge in [0.05, 0.1) is 0 Å². The standard InChI is InChI=1S/C46H44S2/c1-37(17-13-23-43(41-19-7-5-8-20-41)31-25-39-27-33-45(47-3)34-28-39)15-11-12-16-38(2)18-14-24-44(42-21-9-6-10-22-42)32-26-40-29-35-46(48-4)36-30-40/h5-36H,1-4H3/b12-11+,17-13+,18-14+,31-25+,32-26+,37-15+,38-16+,43-23-,44-24-. The fourth-order valence-electron chi connectivity index (χ4n) is 4.69. The van der Waals surface area contributed by atoms with Crippen molar-refractivity contribution in [3.05, 3.63) is 216 Å². The fraction of sp³-hybridized carbons (Fsp3) is 0.0870. The molecule has 0 fully saturated rings. The topological polar surface area (TPSA) is 0 Å². The van der Waals surface area contributed by atoms with E-state index in [2.05, 4.69) is 221 Å². The molecule has 0 saturated heterocycles. The molecule has 0 aliphatic rings. The Morgan fingerprint density at radius 2 is 0.792 bits per heavy atom. The second-order valence-electron chi connectivity index (χ2n) is 11.1. The summed E-state index contributed by atoms with van der Waals surface area (Å²) in [6.07, 6.45) is 34.2. The SMILES string of the molecule is CSc1ccc(/C=C/C(=C/C=C/C(C)=C/C=C/C=C(C)/C=C/C=C(/C=C/c2ccc(SC)cc2)c2ccccc2)c2ccccc2)cc1. The minimum absolute atomic E-state index is 1.17. The molecule has 0 aliphatic heterocycles. The third-order valence-corrected chi connectivity index (χ3v) is 8.94. The van der Waals surface area contributed by atoms with Gasteiger partial charge in [0.25, 0.3) is 0 Å². The number of hydrogen-bond acceptors (Lipinski definition) is 2. The molecule has 0 aliphatic carbocycles. The maximum atomic E-state index is 2.19. The highest BCUT2D eigenvalue weighted by atomic mass is 32.2. The predicted molar refractivity (Wildman–Crippen MR) is 218 cm³/mol. The molecule has 0 N–H and O–H groups in total. The molecule has 0 saturated carbocycles. The van der Waals surface area contributed by atoms with Crippen LogP contribution in [0.2, 0.25) is 0 Å². The molecule has 240 valence electrons. The van der Waals surface area contributed by atoms with Crippen molar-refractivity contribution in [2.75, 3.05) is 12.5 Å². The lowest BCUT2D eigenvalue weighted by Crippen LogP contribution is -1.80. The molecule has 2 heteroatoms. The molecule has 4 aromatic carbocycles. The van der Waals surface area contributed by atoms with Crippen LogP contribution in [0.1, 0.15) is 36.1 Å². The number of hydrogen-bond donors (Lipinski definition) is 0. The molecular formula is C46H44S2. The Morgan fingerprint density at radius 3 is 1.15 bits per heavy atom. The van der Waals surface area contributed by atoms with Crippen molar-refractivity contribution in [1.82, 2.24) is 0 Å². The molecule has 4 rings (SSSR count). The van der Waals surface area contributed by atoms with Crippen LogP contribution in [0.5, 0.6) is 0 Å². The summed E-state index contributed by atoms with van der Waals surface area (Å²) in [5.74, 6) is 0. The van der Waals surface area contributed by atoms with Crippen molar-refractivity contribution in [2.45, 2.75) is 23.6 Å². The lowest BCUT2D eigenvalue weighted by Gasteiger charge is -2.02. The summed E-state index contributed by atoms with van der Waals surface area (Å²) in [7, 11) is 0. The van der Waals surface area contributed by atoms with Gasteiger partial charge >= 0.3 is 0 Å². The summed E-state index contributed by atoms with van der Waals surface area (Å²) in [6.45, 7) is 4.24. The van der Waals surface area contributed by atoms with Gasteiger partial charge < -0.3 is 0 Å². The summed E-state index contributed by atoms with van der Waals surface area (Å²) in [5.41, 5.74) is 9.45. The Kier molecular flexibility index (Phi) is 15.4. The Hall–Kier alpha value is -4.76. The molecule has 48 heavy (non-hydrogen) atoms. The van der Waals surface area contributed by atoms with E-state index in [4.69, 9.17) is 0 Å². The zero-order chi connectivity index (χ0) is 33.8. The largest absolute Gasteiger partial charge is 0.130 e. The third kappa shape index (κ3) is 12.8. The lowest BCUT2D eigenvalue weighted by atomic mass is 10.0. The van der Waals surface area contributed by atoms with Gasteiger partial charge in [0.2, 0.25) is 0 Å². The van der Waals surface area contributed by atoms with E-state index in [0.29, 0.717) is 0 Å². The summed E-state index contributed by atoms with van der Waals surface area (Å²) in [5, 5.41) is 0. The average molecular weight is 661 g/mol. The van der Waals surface area contributed by atoms with Gasteiger partial charge in [-0.15, -0.1) is 23.5 Å². The fourth-order valence-corrected chi connectivity index (χ4v) is 5.51. The predicted octanol–water partition coefficient (Wildman–Crippen LogP) is 13.6. The summed E-state index contributed by atoms with van der Waals surface area (Å²) in [6, 6.07) is 38.3. The smallest absolute Gasteiger partial charge is 0.00695 e. The van der Waals surface area contributed by atoms with Crippen molar-refractivity contribution in [3.8, 4) is 0 Å². The van der Waals surface area contributed by atoms with Crippen LogP contribution in [0.25, 0.3) is 23.3 Å². The van der Waals surface area contributed by atoms with Gasteiger partial charge in [0, 0.05) is 9.79 Å². The van der Waals surface area contributed by atoms with Crippen LogP contribution >= 0.6 is 23.5 Å². The number of allylic oxidation sites excluding steroid dienone is 16. The third-order valence-electron chi connectivity index (χ3n) is 7.46. The van der Waals surface area contributed by atoms with Gasteiger partial charge in [-0.2, -0.15) is 0 Å². The van der Waals surface area contributed by atoms with Gasteiger partial charge in [-0.1, -0.05) is 181 Å².